The van der Waals surface area contributed by atoms with Gasteiger partial charge < -0.3 is 15.0 Å². The lowest BCUT2D eigenvalue weighted by molar-refractivity contribution is 0.0181. The number of nitrogens with one attached hydrogen (secondary N) is 1. The molecule has 0 atom stereocenters. The van der Waals surface area contributed by atoms with Gasteiger partial charge >= 0.3 is 6.09 Å². The van der Waals surface area contributed by atoms with Gasteiger partial charge in [0.25, 0.3) is 0 Å². The number of rotatable bonds is 6. The number of benzene rings is 1. The molecule has 0 radical (unpaired) electrons. The summed E-state index contributed by atoms with van der Waals surface area (Å²) in [5.41, 5.74) is 0.624. The smallest absolute Gasteiger partial charge is 0.410 e. The second-order valence-corrected chi connectivity index (χ2v) is 10.3. The topological polar surface area (TPSA) is 75.7 Å². The van der Waals surface area contributed by atoms with E-state index in [9.17, 15) is 13.2 Å². The number of hydrogen-bond acceptors (Lipinski definition) is 5. The van der Waals surface area contributed by atoms with Crippen molar-refractivity contribution in [2.45, 2.75) is 57.1 Å². The molecule has 0 aliphatic carbocycles. The van der Waals surface area contributed by atoms with E-state index in [0.29, 0.717) is 10.8 Å². The van der Waals surface area contributed by atoms with Crippen LogP contribution in [0, 0.1) is 5.92 Å². The lowest BCUT2D eigenvalue weighted by Crippen LogP contribution is -2.42. The first kappa shape index (κ1) is 21.7. The molecule has 6 nitrogen and oxygen atoms in total. The van der Waals surface area contributed by atoms with Gasteiger partial charge in [0, 0.05) is 25.9 Å². The third-order valence-electron chi connectivity index (χ3n) is 4.68. The molecule has 7 heteroatoms. The van der Waals surface area contributed by atoms with E-state index >= 15 is 0 Å². The SMILES string of the molecule is CC(C)(C)OC(=O)N1CCC(CCNCc2ccc(S(C)(=O)=O)cc2)CC1. The van der Waals surface area contributed by atoms with Crippen LogP contribution in [0.4, 0.5) is 4.79 Å². The average Bonchev–Trinajstić information content (AvgIpc) is 2.57. The molecule has 0 saturated carbocycles. The standard InChI is InChI=1S/C20H32N2O4S/c1-20(2,3)26-19(23)22-13-10-16(11-14-22)9-12-21-15-17-5-7-18(8-6-17)27(4,24)25/h5-8,16,21H,9-15H2,1-4H3. The zero-order valence-corrected chi connectivity index (χ0v) is 17.6. The fraction of sp³-hybridized carbons (Fsp3) is 0.650. The molecule has 0 spiro atoms. The number of piperidine rings is 1. The summed E-state index contributed by atoms with van der Waals surface area (Å²) in [5, 5.41) is 3.42. The Labute approximate surface area is 163 Å². The highest BCUT2D eigenvalue weighted by Crippen LogP contribution is 2.22. The zero-order chi connectivity index (χ0) is 20.1. The Kier molecular flexibility index (Phi) is 7.28. The molecule has 1 aromatic rings. The molecule has 1 heterocycles. The highest BCUT2D eigenvalue weighted by molar-refractivity contribution is 7.90. The predicted molar refractivity (Wildman–Crippen MR) is 106 cm³/mol. The Balaban J connectivity index is 1.65. The molecule has 1 aliphatic heterocycles. The first-order valence-electron chi connectivity index (χ1n) is 9.52. The average molecular weight is 397 g/mol. The lowest BCUT2D eigenvalue weighted by Gasteiger charge is -2.33. The summed E-state index contributed by atoms with van der Waals surface area (Å²) < 4.78 is 28.4. The van der Waals surface area contributed by atoms with Gasteiger partial charge in [0.15, 0.2) is 9.84 Å². The normalized spacial score (nSPS) is 16.4. The number of hydrogen-bond donors (Lipinski definition) is 1. The minimum atomic E-state index is -3.14. The van der Waals surface area contributed by atoms with Crippen LogP contribution in [0.1, 0.15) is 45.6 Å². The van der Waals surface area contributed by atoms with Crippen LogP contribution in [-0.2, 0) is 21.1 Å². The highest BCUT2D eigenvalue weighted by Gasteiger charge is 2.26. The van der Waals surface area contributed by atoms with Crippen LogP contribution < -0.4 is 5.32 Å². The van der Waals surface area contributed by atoms with Crippen LogP contribution in [-0.4, -0.2) is 50.9 Å². The number of ether oxygens (including phenoxy) is 1. The monoisotopic (exact) mass is 396 g/mol. The molecule has 1 amide bonds. The highest BCUT2D eigenvalue weighted by atomic mass is 32.2. The number of carbonyl (C=O) groups excluding carboxylic acids is 1. The Morgan fingerprint density at radius 2 is 1.78 bits per heavy atom. The maximum absolute atomic E-state index is 12.1. The van der Waals surface area contributed by atoms with E-state index in [4.69, 9.17) is 4.74 Å². The van der Waals surface area contributed by atoms with Crippen molar-refractivity contribution in [1.29, 1.82) is 0 Å². The van der Waals surface area contributed by atoms with Gasteiger partial charge in [-0.1, -0.05) is 12.1 Å². The fourth-order valence-electron chi connectivity index (χ4n) is 3.12. The predicted octanol–water partition coefficient (Wildman–Crippen LogP) is 3.22. The van der Waals surface area contributed by atoms with Gasteiger partial charge in [-0.25, -0.2) is 13.2 Å². The molecule has 1 fully saturated rings. The summed E-state index contributed by atoms with van der Waals surface area (Å²) in [7, 11) is -3.14. The maximum atomic E-state index is 12.1. The van der Waals surface area contributed by atoms with Crippen molar-refractivity contribution in [2.24, 2.45) is 5.92 Å². The minimum Gasteiger partial charge on any atom is -0.444 e. The van der Waals surface area contributed by atoms with Crippen molar-refractivity contribution in [3.05, 3.63) is 29.8 Å². The number of likely N-dealkylation sites (tertiary alicyclic amines) is 1. The number of sulfone groups is 1. The van der Waals surface area contributed by atoms with Crippen molar-refractivity contribution in [2.75, 3.05) is 25.9 Å². The first-order chi connectivity index (χ1) is 12.5. The van der Waals surface area contributed by atoms with Gasteiger partial charge in [-0.05, 0) is 70.2 Å². The Bertz CT molecular complexity index is 715. The summed E-state index contributed by atoms with van der Waals surface area (Å²) in [6, 6.07) is 7.00. The van der Waals surface area contributed by atoms with E-state index in [1.54, 1.807) is 17.0 Å². The summed E-state index contributed by atoms with van der Waals surface area (Å²) in [6.07, 6.45) is 4.09. The van der Waals surface area contributed by atoms with Crippen LogP contribution >= 0.6 is 0 Å². The molecule has 0 aromatic heterocycles. The van der Waals surface area contributed by atoms with Gasteiger partial charge in [-0.15, -0.1) is 0 Å². The minimum absolute atomic E-state index is 0.211. The molecule has 152 valence electrons. The zero-order valence-electron chi connectivity index (χ0n) is 16.8. The molecule has 1 aliphatic rings. The van der Waals surface area contributed by atoms with Crippen molar-refractivity contribution in [3.8, 4) is 0 Å². The third kappa shape index (κ3) is 7.50. The van der Waals surface area contributed by atoms with Crippen molar-refractivity contribution < 1.29 is 17.9 Å². The van der Waals surface area contributed by atoms with Gasteiger partial charge in [0.05, 0.1) is 4.90 Å². The molecular formula is C20H32N2O4S. The van der Waals surface area contributed by atoms with Crippen molar-refractivity contribution >= 4 is 15.9 Å². The van der Waals surface area contributed by atoms with Gasteiger partial charge in [0.1, 0.15) is 5.60 Å². The van der Waals surface area contributed by atoms with Crippen molar-refractivity contribution in [3.63, 3.8) is 0 Å². The fourth-order valence-corrected chi connectivity index (χ4v) is 3.75. The third-order valence-corrected chi connectivity index (χ3v) is 5.80. The Morgan fingerprint density at radius 3 is 2.30 bits per heavy atom. The lowest BCUT2D eigenvalue weighted by atomic mass is 9.94. The molecule has 27 heavy (non-hydrogen) atoms. The van der Waals surface area contributed by atoms with Gasteiger partial charge in [0.2, 0.25) is 0 Å². The molecule has 0 bridgehead atoms. The Morgan fingerprint density at radius 1 is 1.19 bits per heavy atom. The molecule has 2 rings (SSSR count). The number of carbonyl (C=O) groups is 1. The summed E-state index contributed by atoms with van der Waals surface area (Å²) in [5.74, 6) is 0.615. The molecule has 1 saturated heterocycles. The van der Waals surface area contributed by atoms with E-state index in [-0.39, 0.29) is 6.09 Å². The molecular weight excluding hydrogens is 364 g/mol. The van der Waals surface area contributed by atoms with E-state index in [1.165, 1.54) is 6.26 Å². The van der Waals surface area contributed by atoms with Crippen LogP contribution in [0.5, 0.6) is 0 Å². The summed E-state index contributed by atoms with van der Waals surface area (Å²) in [4.78, 5) is 14.2. The molecule has 1 N–H and O–H groups in total. The summed E-state index contributed by atoms with van der Waals surface area (Å²) >= 11 is 0. The van der Waals surface area contributed by atoms with Crippen LogP contribution in [0.15, 0.2) is 29.2 Å². The molecule has 1 aromatic carbocycles. The van der Waals surface area contributed by atoms with Crippen LogP contribution in [0.2, 0.25) is 0 Å². The van der Waals surface area contributed by atoms with Crippen molar-refractivity contribution in [1.82, 2.24) is 10.2 Å². The van der Waals surface area contributed by atoms with E-state index in [1.807, 2.05) is 32.9 Å². The second kappa shape index (κ2) is 9.06. The van der Waals surface area contributed by atoms with E-state index in [2.05, 4.69) is 5.32 Å². The Hall–Kier alpha value is -1.60. The van der Waals surface area contributed by atoms with Gasteiger partial charge in [-0.2, -0.15) is 0 Å². The quantitative estimate of drug-likeness (QED) is 0.747. The maximum Gasteiger partial charge on any atom is 0.410 e. The summed E-state index contributed by atoms with van der Waals surface area (Å²) in [6.45, 7) is 8.80. The number of amides is 1. The van der Waals surface area contributed by atoms with Crippen LogP contribution in [0.3, 0.4) is 0 Å². The number of nitrogens with zero attached hydrogens (tertiary/aromatic N) is 1. The van der Waals surface area contributed by atoms with Gasteiger partial charge in [-0.3, -0.25) is 0 Å². The molecule has 0 unspecified atom stereocenters. The first-order valence-corrected chi connectivity index (χ1v) is 11.4. The van der Waals surface area contributed by atoms with E-state index in [0.717, 1.165) is 51.0 Å². The van der Waals surface area contributed by atoms with Crippen LogP contribution in [0.25, 0.3) is 0 Å². The second-order valence-electron chi connectivity index (χ2n) is 8.29. The van der Waals surface area contributed by atoms with E-state index < -0.39 is 15.4 Å². The largest absolute Gasteiger partial charge is 0.444 e.